The van der Waals surface area contributed by atoms with Crippen LogP contribution in [-0.4, -0.2) is 66.6 Å². The second-order valence-corrected chi connectivity index (χ2v) is 4.63. The van der Waals surface area contributed by atoms with Crippen molar-refractivity contribution in [3.05, 3.63) is 0 Å². The summed E-state index contributed by atoms with van der Waals surface area (Å²) in [4.78, 5) is 15.6. The number of ketones is 1. The van der Waals surface area contributed by atoms with Gasteiger partial charge in [0.15, 0.2) is 0 Å². The molecule has 1 saturated heterocycles. The van der Waals surface area contributed by atoms with E-state index in [9.17, 15) is 9.90 Å². The van der Waals surface area contributed by atoms with Gasteiger partial charge in [-0.15, -0.1) is 0 Å². The highest BCUT2D eigenvalue weighted by Crippen LogP contribution is 2.18. The summed E-state index contributed by atoms with van der Waals surface area (Å²) in [5, 5.41) is 9.60. The Bertz CT molecular complexity index is 219. The molecule has 1 aliphatic heterocycles. The Morgan fingerprint density at radius 3 is 2.73 bits per heavy atom. The van der Waals surface area contributed by atoms with Crippen molar-refractivity contribution in [3.63, 3.8) is 0 Å². The Labute approximate surface area is 91.9 Å². The minimum Gasteiger partial charge on any atom is -0.392 e. The molecule has 0 radical (unpaired) electrons. The molecule has 1 N–H and O–H groups in total. The number of carbonyl (C=O) groups excluding carboxylic acids is 1. The van der Waals surface area contributed by atoms with E-state index in [1.54, 1.807) is 0 Å². The maximum Gasteiger partial charge on any atom is 0.146 e. The van der Waals surface area contributed by atoms with Crippen molar-refractivity contribution < 1.29 is 9.90 Å². The van der Waals surface area contributed by atoms with E-state index in [0.717, 1.165) is 13.0 Å². The summed E-state index contributed by atoms with van der Waals surface area (Å²) in [5.41, 5.74) is 0. The van der Waals surface area contributed by atoms with Gasteiger partial charge < -0.3 is 10.0 Å². The number of Topliss-reactive ketones (excluding diaryl/α,β-unsaturated/α-hetero) is 1. The standard InChI is InChI=1S/C11H22N2O2/c1-4-10(14)7-13-8-11(15)5-9(13)6-12(2)3/h9,11,15H,4-8H2,1-3H3. The Kier molecular flexibility index (Phi) is 4.70. The molecule has 0 spiro atoms. The number of rotatable bonds is 5. The molecule has 0 saturated carbocycles. The van der Waals surface area contributed by atoms with Gasteiger partial charge in [-0.25, -0.2) is 0 Å². The first kappa shape index (κ1) is 12.6. The number of likely N-dealkylation sites (N-methyl/N-ethyl adjacent to an activating group) is 1. The Morgan fingerprint density at radius 1 is 1.53 bits per heavy atom. The fourth-order valence-corrected chi connectivity index (χ4v) is 2.10. The second-order valence-electron chi connectivity index (χ2n) is 4.63. The van der Waals surface area contributed by atoms with Crippen molar-refractivity contribution in [2.75, 3.05) is 33.7 Å². The molecule has 2 unspecified atom stereocenters. The molecule has 1 fully saturated rings. The molecule has 1 rings (SSSR count). The van der Waals surface area contributed by atoms with Crippen LogP contribution in [0.4, 0.5) is 0 Å². The predicted octanol–water partition coefficient (Wildman–Crippen LogP) is -0.0377. The summed E-state index contributed by atoms with van der Waals surface area (Å²) < 4.78 is 0. The second kappa shape index (κ2) is 5.58. The zero-order chi connectivity index (χ0) is 11.4. The monoisotopic (exact) mass is 214 g/mol. The molecule has 0 aromatic heterocycles. The molecule has 4 nitrogen and oxygen atoms in total. The molecule has 88 valence electrons. The van der Waals surface area contributed by atoms with Gasteiger partial charge in [0.1, 0.15) is 5.78 Å². The van der Waals surface area contributed by atoms with E-state index in [2.05, 4.69) is 9.80 Å². The quantitative estimate of drug-likeness (QED) is 0.697. The largest absolute Gasteiger partial charge is 0.392 e. The van der Waals surface area contributed by atoms with Crippen molar-refractivity contribution in [3.8, 4) is 0 Å². The first-order valence-electron chi connectivity index (χ1n) is 5.61. The topological polar surface area (TPSA) is 43.8 Å². The normalized spacial score (nSPS) is 27.5. The molecule has 0 bridgehead atoms. The van der Waals surface area contributed by atoms with E-state index in [4.69, 9.17) is 0 Å². The fraction of sp³-hybridized carbons (Fsp3) is 0.909. The fourth-order valence-electron chi connectivity index (χ4n) is 2.10. The van der Waals surface area contributed by atoms with Gasteiger partial charge in [0.2, 0.25) is 0 Å². The van der Waals surface area contributed by atoms with Gasteiger partial charge in [-0.05, 0) is 20.5 Å². The van der Waals surface area contributed by atoms with Crippen molar-refractivity contribution in [2.24, 2.45) is 0 Å². The van der Waals surface area contributed by atoms with Crippen molar-refractivity contribution >= 4 is 5.78 Å². The molecule has 0 aromatic carbocycles. The summed E-state index contributed by atoms with van der Waals surface area (Å²) in [6.07, 6.45) is 1.11. The molecular formula is C11H22N2O2. The molecule has 4 heteroatoms. The zero-order valence-corrected chi connectivity index (χ0v) is 9.94. The maximum atomic E-state index is 11.4. The lowest BCUT2D eigenvalue weighted by atomic mass is 10.2. The zero-order valence-electron chi connectivity index (χ0n) is 9.94. The van der Waals surface area contributed by atoms with Gasteiger partial charge in [-0.2, -0.15) is 0 Å². The minimum absolute atomic E-state index is 0.257. The van der Waals surface area contributed by atoms with Crippen molar-refractivity contribution in [2.45, 2.75) is 31.9 Å². The molecule has 1 heterocycles. The maximum absolute atomic E-state index is 11.4. The summed E-state index contributed by atoms with van der Waals surface area (Å²) >= 11 is 0. The SMILES string of the molecule is CCC(=O)CN1CC(O)CC1CN(C)C. The van der Waals surface area contributed by atoms with Gasteiger partial charge in [-0.3, -0.25) is 9.69 Å². The van der Waals surface area contributed by atoms with Crippen LogP contribution < -0.4 is 0 Å². The lowest BCUT2D eigenvalue weighted by Crippen LogP contribution is -2.40. The lowest BCUT2D eigenvalue weighted by molar-refractivity contribution is -0.120. The minimum atomic E-state index is -0.264. The summed E-state index contributed by atoms with van der Waals surface area (Å²) in [5.74, 6) is 0.257. The van der Waals surface area contributed by atoms with Crippen LogP contribution in [0.25, 0.3) is 0 Å². The van der Waals surface area contributed by atoms with Crippen LogP contribution in [-0.2, 0) is 4.79 Å². The van der Waals surface area contributed by atoms with Crippen LogP contribution >= 0.6 is 0 Å². The van der Waals surface area contributed by atoms with E-state index in [1.165, 1.54) is 0 Å². The third-order valence-corrected chi connectivity index (χ3v) is 2.86. The van der Waals surface area contributed by atoms with E-state index in [-0.39, 0.29) is 11.9 Å². The van der Waals surface area contributed by atoms with E-state index in [0.29, 0.717) is 25.6 Å². The van der Waals surface area contributed by atoms with E-state index < -0.39 is 0 Å². The number of aliphatic hydroxyl groups excluding tert-OH is 1. The number of hydrogen-bond donors (Lipinski definition) is 1. The Hall–Kier alpha value is -0.450. The van der Waals surface area contributed by atoms with E-state index in [1.807, 2.05) is 21.0 Å². The van der Waals surface area contributed by atoms with Gasteiger partial charge in [0.05, 0.1) is 12.6 Å². The molecule has 2 atom stereocenters. The average molecular weight is 214 g/mol. The Morgan fingerprint density at radius 2 is 2.20 bits per heavy atom. The van der Waals surface area contributed by atoms with Crippen LogP contribution in [0.15, 0.2) is 0 Å². The molecular weight excluding hydrogens is 192 g/mol. The van der Waals surface area contributed by atoms with Gasteiger partial charge in [0.25, 0.3) is 0 Å². The van der Waals surface area contributed by atoms with Crippen molar-refractivity contribution in [1.29, 1.82) is 0 Å². The van der Waals surface area contributed by atoms with Gasteiger partial charge in [0, 0.05) is 25.6 Å². The van der Waals surface area contributed by atoms with Gasteiger partial charge >= 0.3 is 0 Å². The number of nitrogens with zero attached hydrogens (tertiary/aromatic N) is 2. The third-order valence-electron chi connectivity index (χ3n) is 2.86. The number of hydrogen-bond acceptors (Lipinski definition) is 4. The smallest absolute Gasteiger partial charge is 0.146 e. The molecule has 0 aliphatic carbocycles. The molecule has 15 heavy (non-hydrogen) atoms. The third kappa shape index (κ3) is 3.89. The lowest BCUT2D eigenvalue weighted by Gasteiger charge is -2.25. The predicted molar refractivity (Wildman–Crippen MR) is 59.8 cm³/mol. The van der Waals surface area contributed by atoms with E-state index >= 15 is 0 Å². The molecule has 1 aliphatic rings. The number of aliphatic hydroxyl groups is 1. The highest BCUT2D eigenvalue weighted by molar-refractivity contribution is 5.80. The highest BCUT2D eigenvalue weighted by atomic mass is 16.3. The number of β-amino-alcohol motifs (C(OH)–C–C–N with tert-alkyl or cyclic N) is 1. The number of carbonyl (C=O) groups is 1. The summed E-state index contributed by atoms with van der Waals surface area (Å²) in [7, 11) is 4.04. The van der Waals surface area contributed by atoms with Crippen LogP contribution in [0.1, 0.15) is 19.8 Å². The van der Waals surface area contributed by atoms with Gasteiger partial charge in [-0.1, -0.05) is 6.92 Å². The molecule has 0 amide bonds. The molecule has 0 aromatic rings. The van der Waals surface area contributed by atoms with Crippen LogP contribution in [0.2, 0.25) is 0 Å². The Balaban J connectivity index is 2.48. The van der Waals surface area contributed by atoms with Crippen LogP contribution in [0.5, 0.6) is 0 Å². The summed E-state index contributed by atoms with van der Waals surface area (Å²) in [6, 6.07) is 0.325. The highest BCUT2D eigenvalue weighted by Gasteiger charge is 2.31. The van der Waals surface area contributed by atoms with Crippen LogP contribution in [0.3, 0.4) is 0 Å². The first-order chi connectivity index (χ1) is 7.02. The average Bonchev–Trinajstić information content (AvgIpc) is 2.45. The first-order valence-corrected chi connectivity index (χ1v) is 5.61. The van der Waals surface area contributed by atoms with Crippen molar-refractivity contribution in [1.82, 2.24) is 9.80 Å². The van der Waals surface area contributed by atoms with Crippen LogP contribution in [0, 0.1) is 0 Å². The number of likely N-dealkylation sites (tertiary alicyclic amines) is 1. The summed E-state index contributed by atoms with van der Waals surface area (Å²) in [6.45, 7) is 3.93.